The van der Waals surface area contributed by atoms with E-state index < -0.39 is 16.9 Å². The lowest BCUT2D eigenvalue weighted by atomic mass is 10.1. The molecule has 4 rings (SSSR count). The molecule has 0 saturated carbocycles. The third-order valence-electron chi connectivity index (χ3n) is 6.23. The van der Waals surface area contributed by atoms with Gasteiger partial charge in [0.2, 0.25) is 17.7 Å². The van der Waals surface area contributed by atoms with E-state index in [9.17, 15) is 24.5 Å². The first-order chi connectivity index (χ1) is 16.9. The average molecular weight is 478 g/mol. The number of anilines is 1. The van der Waals surface area contributed by atoms with Gasteiger partial charge in [0, 0.05) is 63.2 Å². The minimum Gasteiger partial charge on any atom is -0.368 e. The minimum atomic E-state index is -0.898. The van der Waals surface area contributed by atoms with Crippen LogP contribution in [0.5, 0.6) is 0 Å². The molecule has 0 radical (unpaired) electrons. The zero-order valence-electron chi connectivity index (χ0n) is 19.2. The van der Waals surface area contributed by atoms with Gasteiger partial charge in [-0.1, -0.05) is 30.3 Å². The van der Waals surface area contributed by atoms with Gasteiger partial charge < -0.3 is 20.0 Å². The van der Waals surface area contributed by atoms with Gasteiger partial charge >= 0.3 is 0 Å². The van der Waals surface area contributed by atoms with Gasteiger partial charge in [-0.2, -0.15) is 0 Å². The quantitative estimate of drug-likeness (QED) is 0.384. The summed E-state index contributed by atoms with van der Waals surface area (Å²) >= 11 is 0. The molecular formula is C25H27N5O5. The maximum absolute atomic E-state index is 13.0. The van der Waals surface area contributed by atoms with Crippen LogP contribution >= 0.6 is 0 Å². The van der Waals surface area contributed by atoms with E-state index in [2.05, 4.69) is 10.2 Å². The molecule has 2 saturated heterocycles. The van der Waals surface area contributed by atoms with Gasteiger partial charge in [0.05, 0.1) is 11.3 Å². The van der Waals surface area contributed by atoms with Gasteiger partial charge in [-0.15, -0.1) is 0 Å². The van der Waals surface area contributed by atoms with E-state index in [-0.39, 0.29) is 30.5 Å². The zero-order chi connectivity index (χ0) is 24.8. The van der Waals surface area contributed by atoms with Gasteiger partial charge in [-0.3, -0.25) is 24.5 Å². The Morgan fingerprint density at radius 1 is 1.03 bits per heavy atom. The predicted molar refractivity (Wildman–Crippen MR) is 130 cm³/mol. The maximum Gasteiger partial charge on any atom is 0.270 e. The predicted octanol–water partition coefficient (Wildman–Crippen LogP) is 1.67. The van der Waals surface area contributed by atoms with Crippen molar-refractivity contribution in [2.45, 2.75) is 12.5 Å². The van der Waals surface area contributed by atoms with Crippen LogP contribution in [-0.4, -0.2) is 77.8 Å². The number of hydrogen-bond acceptors (Lipinski definition) is 6. The molecule has 35 heavy (non-hydrogen) atoms. The van der Waals surface area contributed by atoms with Gasteiger partial charge in [0.25, 0.3) is 5.69 Å². The van der Waals surface area contributed by atoms with Crippen LogP contribution in [0.15, 0.2) is 60.7 Å². The normalized spacial score (nSPS) is 18.5. The largest absolute Gasteiger partial charge is 0.368 e. The lowest BCUT2D eigenvalue weighted by molar-refractivity contribution is -0.384. The Hall–Kier alpha value is -4.21. The molecule has 2 heterocycles. The molecule has 0 aromatic heterocycles. The van der Waals surface area contributed by atoms with E-state index in [0.29, 0.717) is 38.3 Å². The van der Waals surface area contributed by atoms with Gasteiger partial charge in [-0.05, 0) is 23.8 Å². The van der Waals surface area contributed by atoms with Crippen molar-refractivity contribution < 1.29 is 19.3 Å². The Kier molecular flexibility index (Phi) is 7.39. The molecular weight excluding hydrogens is 450 g/mol. The number of piperazine rings is 2. The number of carbonyl (C=O) groups is 3. The van der Waals surface area contributed by atoms with E-state index in [1.807, 2.05) is 30.3 Å². The van der Waals surface area contributed by atoms with Crippen LogP contribution < -0.4 is 10.2 Å². The maximum atomic E-state index is 13.0. The SMILES string of the molecule is O=C1NCCN(C(=O)/C=C/c2cccc([N+](=O)[O-])c2)[C@H]1CC(=O)N1CCN(c2ccccc2)CC1. The molecule has 1 atom stereocenters. The van der Waals surface area contributed by atoms with E-state index in [0.717, 1.165) is 5.69 Å². The zero-order valence-corrected chi connectivity index (χ0v) is 19.2. The number of nitro benzene ring substituents is 1. The number of hydrogen-bond donors (Lipinski definition) is 1. The highest BCUT2D eigenvalue weighted by Gasteiger charge is 2.35. The molecule has 2 aliphatic rings. The second-order valence-corrected chi connectivity index (χ2v) is 8.43. The van der Waals surface area contributed by atoms with Crippen molar-refractivity contribution in [3.8, 4) is 0 Å². The Bertz CT molecular complexity index is 1130. The van der Waals surface area contributed by atoms with Crippen LogP contribution in [-0.2, 0) is 14.4 Å². The molecule has 2 aromatic rings. The Morgan fingerprint density at radius 3 is 2.49 bits per heavy atom. The minimum absolute atomic E-state index is 0.0761. The number of benzene rings is 2. The Labute approximate surface area is 202 Å². The van der Waals surface area contributed by atoms with Crippen molar-refractivity contribution >= 4 is 35.2 Å². The summed E-state index contributed by atoms with van der Waals surface area (Å²) in [6.45, 7) is 3.06. The summed E-state index contributed by atoms with van der Waals surface area (Å²) in [4.78, 5) is 54.3. The van der Waals surface area contributed by atoms with Crippen molar-refractivity contribution in [3.05, 3.63) is 76.4 Å². The van der Waals surface area contributed by atoms with Crippen molar-refractivity contribution in [3.63, 3.8) is 0 Å². The monoisotopic (exact) mass is 477 g/mol. The molecule has 10 heteroatoms. The van der Waals surface area contributed by atoms with Gasteiger partial charge in [0.1, 0.15) is 6.04 Å². The highest BCUT2D eigenvalue weighted by atomic mass is 16.6. The van der Waals surface area contributed by atoms with E-state index >= 15 is 0 Å². The molecule has 2 aliphatic heterocycles. The van der Waals surface area contributed by atoms with Crippen LogP contribution in [0.2, 0.25) is 0 Å². The molecule has 0 bridgehead atoms. The smallest absolute Gasteiger partial charge is 0.270 e. The molecule has 0 aliphatic carbocycles. The molecule has 2 aromatic carbocycles. The number of amides is 3. The molecule has 182 valence electrons. The van der Waals surface area contributed by atoms with Crippen molar-refractivity contribution in [2.24, 2.45) is 0 Å². The summed E-state index contributed by atoms with van der Waals surface area (Å²) in [6.07, 6.45) is 2.67. The third kappa shape index (κ3) is 5.84. The van der Waals surface area contributed by atoms with Crippen molar-refractivity contribution in [1.82, 2.24) is 15.1 Å². The third-order valence-corrected chi connectivity index (χ3v) is 6.23. The fraction of sp³-hybridized carbons (Fsp3) is 0.320. The summed E-state index contributed by atoms with van der Waals surface area (Å²) < 4.78 is 0. The Morgan fingerprint density at radius 2 is 1.77 bits per heavy atom. The average Bonchev–Trinajstić information content (AvgIpc) is 2.89. The summed E-state index contributed by atoms with van der Waals surface area (Å²) in [5.74, 6) is -0.942. The fourth-order valence-electron chi connectivity index (χ4n) is 4.33. The number of carbonyl (C=O) groups excluding carboxylic acids is 3. The molecule has 0 spiro atoms. The highest BCUT2D eigenvalue weighted by Crippen LogP contribution is 2.18. The first-order valence-electron chi connectivity index (χ1n) is 11.5. The number of nitrogens with one attached hydrogen (secondary N) is 1. The van der Waals surface area contributed by atoms with Gasteiger partial charge in [0.15, 0.2) is 0 Å². The first kappa shape index (κ1) is 23.9. The van der Waals surface area contributed by atoms with Crippen molar-refractivity contribution in [1.29, 1.82) is 0 Å². The van der Waals surface area contributed by atoms with Crippen LogP contribution in [0.4, 0.5) is 11.4 Å². The molecule has 0 unspecified atom stereocenters. The molecule has 1 N–H and O–H groups in total. The standard InChI is InChI=1S/C25H27N5O5/c31-23(10-9-19-5-4-8-21(17-19)30(34)35)29-12-11-26-25(33)22(29)18-24(32)28-15-13-27(14-16-28)20-6-2-1-3-7-20/h1-10,17,22H,11-16,18H2,(H,26,33)/b10-9+/t22-/m0/s1. The molecule has 10 nitrogen and oxygen atoms in total. The van der Waals surface area contributed by atoms with E-state index in [4.69, 9.17) is 0 Å². The van der Waals surface area contributed by atoms with Crippen LogP contribution in [0.1, 0.15) is 12.0 Å². The van der Waals surface area contributed by atoms with Crippen LogP contribution in [0, 0.1) is 10.1 Å². The fourth-order valence-corrected chi connectivity index (χ4v) is 4.33. The number of nitrogens with zero attached hydrogens (tertiary/aromatic N) is 4. The summed E-state index contributed by atoms with van der Waals surface area (Å²) in [5.41, 5.74) is 1.53. The topological polar surface area (TPSA) is 116 Å². The lowest BCUT2D eigenvalue weighted by Gasteiger charge is -2.38. The summed E-state index contributed by atoms with van der Waals surface area (Å²) in [7, 11) is 0. The lowest BCUT2D eigenvalue weighted by Crippen LogP contribution is -2.59. The summed E-state index contributed by atoms with van der Waals surface area (Å²) in [6, 6.07) is 15.0. The Balaban J connectivity index is 1.38. The number of para-hydroxylation sites is 1. The second-order valence-electron chi connectivity index (χ2n) is 8.43. The highest BCUT2D eigenvalue weighted by molar-refractivity contribution is 5.98. The van der Waals surface area contributed by atoms with Gasteiger partial charge in [-0.25, -0.2) is 0 Å². The number of nitro groups is 1. The first-order valence-corrected chi connectivity index (χ1v) is 11.5. The number of rotatable bonds is 6. The molecule has 3 amide bonds. The van der Waals surface area contributed by atoms with E-state index in [1.54, 1.807) is 11.0 Å². The molecule has 2 fully saturated rings. The number of non-ortho nitro benzene ring substituents is 1. The van der Waals surface area contributed by atoms with E-state index in [1.165, 1.54) is 35.3 Å². The van der Waals surface area contributed by atoms with Crippen molar-refractivity contribution in [2.75, 3.05) is 44.2 Å². The second kappa shape index (κ2) is 10.8. The summed E-state index contributed by atoms with van der Waals surface area (Å²) in [5, 5.41) is 13.7. The van der Waals surface area contributed by atoms with Crippen LogP contribution in [0.25, 0.3) is 6.08 Å². The van der Waals surface area contributed by atoms with Crippen LogP contribution in [0.3, 0.4) is 0 Å².